The van der Waals surface area contributed by atoms with Gasteiger partial charge in [0.2, 0.25) is 0 Å². The molecule has 1 N–H and O–H groups in total. The number of alkyl halides is 8. The lowest BCUT2D eigenvalue weighted by Gasteiger charge is -2.32. The highest BCUT2D eigenvalue weighted by Crippen LogP contribution is 2.50. The molecule has 2 aliphatic rings. The van der Waals surface area contributed by atoms with E-state index in [1.54, 1.807) is 0 Å². The Morgan fingerprint density at radius 1 is 1.12 bits per heavy atom. The summed E-state index contributed by atoms with van der Waals surface area (Å²) in [6, 6.07) is -1.20. The summed E-state index contributed by atoms with van der Waals surface area (Å²) in [7, 11) is 0. The standard InChI is InChI=1S/C13H12F8N2O/c14-7-3-5(1-2-11(7,15)16)23-6-4-12(17,18)10(24)8(6)9(22-23)13(19,20)21/h5,7,10,24H,1-4H2/t5-,7+,10+/m1/s1. The van der Waals surface area contributed by atoms with Crippen LogP contribution < -0.4 is 0 Å². The number of halogens is 8. The van der Waals surface area contributed by atoms with E-state index in [4.69, 9.17) is 0 Å². The van der Waals surface area contributed by atoms with Gasteiger partial charge in [0.25, 0.3) is 11.8 Å². The zero-order chi connectivity index (χ0) is 18.1. The van der Waals surface area contributed by atoms with Gasteiger partial charge >= 0.3 is 6.18 Å². The minimum atomic E-state index is -5.11. The van der Waals surface area contributed by atoms with Gasteiger partial charge < -0.3 is 5.11 Å². The van der Waals surface area contributed by atoms with E-state index in [0.29, 0.717) is 4.68 Å². The van der Waals surface area contributed by atoms with Crippen molar-refractivity contribution >= 4 is 0 Å². The van der Waals surface area contributed by atoms with Gasteiger partial charge in [-0.05, 0) is 6.42 Å². The van der Waals surface area contributed by atoms with Gasteiger partial charge in [-0.2, -0.15) is 18.3 Å². The van der Waals surface area contributed by atoms with E-state index >= 15 is 0 Å². The van der Waals surface area contributed by atoms with Crippen LogP contribution in [0.3, 0.4) is 0 Å². The van der Waals surface area contributed by atoms with Crippen LogP contribution in [0.15, 0.2) is 0 Å². The van der Waals surface area contributed by atoms with Gasteiger partial charge in [0.05, 0.1) is 18.2 Å². The molecule has 3 nitrogen and oxygen atoms in total. The maximum atomic E-state index is 13.6. The van der Waals surface area contributed by atoms with E-state index in [9.17, 15) is 40.2 Å². The van der Waals surface area contributed by atoms with E-state index in [2.05, 4.69) is 5.10 Å². The molecular weight excluding hydrogens is 352 g/mol. The predicted octanol–water partition coefficient (Wildman–Crippen LogP) is 3.83. The molecule has 0 aliphatic heterocycles. The summed E-state index contributed by atoms with van der Waals surface area (Å²) in [5.74, 6) is -7.44. The number of hydrogen-bond donors (Lipinski definition) is 1. The molecule has 1 fully saturated rings. The Labute approximate surface area is 130 Å². The molecule has 0 aromatic carbocycles. The van der Waals surface area contributed by atoms with Crippen molar-refractivity contribution in [3.63, 3.8) is 0 Å². The van der Waals surface area contributed by atoms with Crippen LogP contribution in [-0.4, -0.2) is 32.9 Å². The highest BCUT2D eigenvalue weighted by atomic mass is 19.4. The monoisotopic (exact) mass is 364 g/mol. The van der Waals surface area contributed by atoms with Gasteiger partial charge in [0.15, 0.2) is 11.9 Å². The maximum Gasteiger partial charge on any atom is 0.435 e. The summed E-state index contributed by atoms with van der Waals surface area (Å²) in [5, 5.41) is 12.7. The predicted molar refractivity (Wildman–Crippen MR) is 63.6 cm³/mol. The first-order chi connectivity index (χ1) is 10.8. The van der Waals surface area contributed by atoms with Gasteiger partial charge in [0, 0.05) is 18.4 Å². The second-order valence-electron chi connectivity index (χ2n) is 6.15. The van der Waals surface area contributed by atoms with E-state index in [1.807, 2.05) is 0 Å². The minimum absolute atomic E-state index is 0.402. The van der Waals surface area contributed by atoms with Crippen LogP contribution in [0.2, 0.25) is 0 Å². The zero-order valence-electron chi connectivity index (χ0n) is 11.9. The molecule has 0 bridgehead atoms. The van der Waals surface area contributed by atoms with Crippen LogP contribution in [0.5, 0.6) is 0 Å². The number of aliphatic hydroxyl groups excluding tert-OH is 1. The first kappa shape index (κ1) is 17.4. The van der Waals surface area contributed by atoms with Crippen LogP contribution in [0, 0.1) is 0 Å². The number of fused-ring (bicyclic) bond motifs is 1. The fourth-order valence-corrected chi connectivity index (χ4v) is 3.26. The van der Waals surface area contributed by atoms with Crippen molar-refractivity contribution in [3.05, 3.63) is 17.0 Å². The lowest BCUT2D eigenvalue weighted by Crippen LogP contribution is -2.38. The molecule has 0 unspecified atom stereocenters. The Bertz CT molecular complexity index is 653. The summed E-state index contributed by atoms with van der Waals surface area (Å²) in [4.78, 5) is 0. The molecule has 11 heteroatoms. The lowest BCUT2D eigenvalue weighted by atomic mass is 9.90. The summed E-state index contributed by atoms with van der Waals surface area (Å²) in [6.45, 7) is 0. The molecule has 136 valence electrons. The molecular formula is C13H12F8N2O. The molecule has 0 saturated heterocycles. The molecule has 0 amide bonds. The van der Waals surface area contributed by atoms with Gasteiger partial charge in [-0.25, -0.2) is 22.0 Å². The Hall–Kier alpha value is -1.39. The van der Waals surface area contributed by atoms with E-state index < -0.39 is 79.0 Å². The topological polar surface area (TPSA) is 38.1 Å². The Morgan fingerprint density at radius 2 is 1.75 bits per heavy atom. The molecule has 3 rings (SSSR count). The quantitative estimate of drug-likeness (QED) is 0.770. The second-order valence-corrected chi connectivity index (χ2v) is 6.15. The Morgan fingerprint density at radius 3 is 2.29 bits per heavy atom. The van der Waals surface area contributed by atoms with Crippen molar-refractivity contribution in [2.45, 2.75) is 62.0 Å². The normalized spacial score (nSPS) is 32.0. The minimum Gasteiger partial charge on any atom is -0.382 e. The van der Waals surface area contributed by atoms with Gasteiger partial charge in [-0.15, -0.1) is 0 Å². The fourth-order valence-electron chi connectivity index (χ4n) is 3.26. The highest BCUT2D eigenvalue weighted by Gasteiger charge is 2.56. The smallest absolute Gasteiger partial charge is 0.382 e. The van der Waals surface area contributed by atoms with Gasteiger partial charge in [0.1, 0.15) is 6.10 Å². The summed E-state index contributed by atoms with van der Waals surface area (Å²) >= 11 is 0. The van der Waals surface area contributed by atoms with Gasteiger partial charge in [-0.3, -0.25) is 4.68 Å². The molecule has 0 spiro atoms. The van der Waals surface area contributed by atoms with Crippen molar-refractivity contribution < 1.29 is 40.2 Å². The maximum absolute atomic E-state index is 13.6. The summed E-state index contributed by atoms with van der Waals surface area (Å²) < 4.78 is 107. The molecule has 1 saturated carbocycles. The van der Waals surface area contributed by atoms with Crippen LogP contribution in [0.1, 0.15) is 48.4 Å². The van der Waals surface area contributed by atoms with Crippen molar-refractivity contribution in [1.82, 2.24) is 9.78 Å². The number of aliphatic hydroxyl groups is 1. The van der Waals surface area contributed by atoms with Crippen LogP contribution in [0.25, 0.3) is 0 Å². The molecule has 1 aromatic rings. The van der Waals surface area contributed by atoms with E-state index in [0.717, 1.165) is 0 Å². The number of rotatable bonds is 1. The third kappa shape index (κ3) is 2.56. The average Bonchev–Trinajstić information content (AvgIpc) is 2.89. The fraction of sp³-hybridized carbons (Fsp3) is 0.769. The van der Waals surface area contributed by atoms with Gasteiger partial charge in [-0.1, -0.05) is 0 Å². The Balaban J connectivity index is 2.04. The van der Waals surface area contributed by atoms with Crippen molar-refractivity contribution in [2.75, 3.05) is 0 Å². The van der Waals surface area contributed by atoms with Crippen molar-refractivity contribution in [1.29, 1.82) is 0 Å². The number of aromatic nitrogens is 2. The summed E-state index contributed by atoms with van der Waals surface area (Å²) in [5.41, 5.74) is -3.32. The third-order valence-corrected chi connectivity index (χ3v) is 4.49. The average molecular weight is 364 g/mol. The molecule has 2 aliphatic carbocycles. The van der Waals surface area contributed by atoms with Crippen molar-refractivity contribution in [2.24, 2.45) is 0 Å². The van der Waals surface area contributed by atoms with Crippen molar-refractivity contribution in [3.8, 4) is 0 Å². The lowest BCUT2D eigenvalue weighted by molar-refractivity contribution is -0.147. The Kier molecular flexibility index (Phi) is 3.67. The third-order valence-electron chi connectivity index (χ3n) is 4.49. The molecule has 24 heavy (non-hydrogen) atoms. The summed E-state index contributed by atoms with van der Waals surface area (Å²) in [6.07, 6.45) is -13.8. The molecule has 0 radical (unpaired) electrons. The van der Waals surface area contributed by atoms with Crippen LogP contribution in [-0.2, 0) is 12.6 Å². The first-order valence-electron chi connectivity index (χ1n) is 7.11. The SMILES string of the molecule is O[C@H]1c2c(C(F)(F)F)nn([C@@H]3CCC(F)(F)[C@@H](F)C3)c2CC1(F)F. The molecule has 3 atom stereocenters. The van der Waals surface area contributed by atoms with E-state index in [1.165, 1.54) is 0 Å². The van der Waals surface area contributed by atoms with E-state index in [-0.39, 0.29) is 0 Å². The zero-order valence-corrected chi connectivity index (χ0v) is 11.9. The molecule has 1 aromatic heterocycles. The van der Waals surface area contributed by atoms with Crippen LogP contribution >= 0.6 is 0 Å². The molecule has 1 heterocycles. The van der Waals surface area contributed by atoms with Crippen LogP contribution in [0.4, 0.5) is 35.1 Å². The first-order valence-corrected chi connectivity index (χ1v) is 7.11. The number of nitrogens with zero attached hydrogens (tertiary/aromatic N) is 2. The largest absolute Gasteiger partial charge is 0.435 e. The highest BCUT2D eigenvalue weighted by molar-refractivity contribution is 5.38. The second kappa shape index (κ2) is 5.06. The number of hydrogen-bond acceptors (Lipinski definition) is 2.